The van der Waals surface area contributed by atoms with Gasteiger partial charge in [-0.2, -0.15) is 9.40 Å². The maximum Gasteiger partial charge on any atom is 0.245 e. The summed E-state index contributed by atoms with van der Waals surface area (Å²) in [6.07, 6.45) is 4.63. The summed E-state index contributed by atoms with van der Waals surface area (Å²) in [5.41, 5.74) is 2.74. The molecule has 33 heavy (non-hydrogen) atoms. The summed E-state index contributed by atoms with van der Waals surface area (Å²) in [6.45, 7) is 4.31. The summed E-state index contributed by atoms with van der Waals surface area (Å²) in [7, 11) is -0.237. The average Bonchev–Trinajstić information content (AvgIpc) is 3.25. The van der Waals surface area contributed by atoms with Crippen LogP contribution in [0, 0.1) is 5.82 Å². The molecule has 2 aromatic heterocycles. The Balaban J connectivity index is 0.00000306. The number of piperazine rings is 1. The molecular weight excluding hydrogens is 467 g/mol. The lowest BCUT2D eigenvalue weighted by Gasteiger charge is -2.37. The second kappa shape index (κ2) is 10.6. The number of anilines is 1. The molecule has 0 saturated carbocycles. The van der Waals surface area contributed by atoms with Crippen LogP contribution >= 0.6 is 12.4 Å². The third kappa shape index (κ3) is 5.70. The molecule has 1 fully saturated rings. The molecule has 0 unspecified atom stereocenters. The van der Waals surface area contributed by atoms with E-state index >= 15 is 0 Å². The van der Waals surface area contributed by atoms with Crippen molar-refractivity contribution >= 4 is 28.1 Å². The quantitative estimate of drug-likeness (QED) is 0.502. The highest BCUT2D eigenvalue weighted by molar-refractivity contribution is 7.89. The van der Waals surface area contributed by atoms with Crippen LogP contribution in [0.2, 0.25) is 0 Å². The van der Waals surface area contributed by atoms with Crippen molar-refractivity contribution in [3.8, 4) is 11.3 Å². The lowest BCUT2D eigenvalue weighted by atomic mass is 10.1. The molecule has 1 aromatic carbocycles. The molecule has 0 amide bonds. The molecule has 8 nitrogen and oxygen atoms in total. The fraction of sp³-hybridized carbons (Fsp3) is 0.364. The molecule has 0 N–H and O–H groups in total. The first kappa shape index (κ1) is 25.1. The fourth-order valence-corrected chi connectivity index (χ4v) is 4.96. The molecule has 178 valence electrons. The van der Waals surface area contributed by atoms with Crippen LogP contribution in [0.4, 0.5) is 10.1 Å². The first-order valence-electron chi connectivity index (χ1n) is 10.5. The van der Waals surface area contributed by atoms with Gasteiger partial charge < -0.3 is 4.90 Å². The van der Waals surface area contributed by atoms with Crippen LogP contribution in [0.3, 0.4) is 0 Å². The largest absolute Gasteiger partial charge is 0.367 e. The van der Waals surface area contributed by atoms with Crippen molar-refractivity contribution in [2.24, 2.45) is 7.05 Å². The Hall–Kier alpha value is -2.53. The number of pyridine rings is 1. The van der Waals surface area contributed by atoms with Gasteiger partial charge in [-0.3, -0.25) is 14.6 Å². The third-order valence-corrected chi connectivity index (χ3v) is 7.55. The standard InChI is InChI=1S/C22H27FN6O2S.ClH/c1-26-17-20(16-25-26)32(30,31)27(2)10-11-28-12-14-29(15-13-28)21-4-3-9-24-22(21)18-5-7-19(23)8-6-18;/h3-9,16-17H,10-15H2,1-2H3;1H. The molecule has 11 heteroatoms. The van der Waals surface area contributed by atoms with Gasteiger partial charge in [0.05, 0.1) is 17.6 Å². The van der Waals surface area contributed by atoms with E-state index in [1.807, 2.05) is 12.1 Å². The van der Waals surface area contributed by atoms with Gasteiger partial charge in [0.25, 0.3) is 0 Å². The minimum Gasteiger partial charge on any atom is -0.367 e. The number of rotatable bonds is 7. The van der Waals surface area contributed by atoms with Gasteiger partial charge in [-0.05, 0) is 36.4 Å². The predicted molar refractivity (Wildman–Crippen MR) is 129 cm³/mol. The van der Waals surface area contributed by atoms with Crippen molar-refractivity contribution in [1.82, 2.24) is 24.0 Å². The lowest BCUT2D eigenvalue weighted by molar-refractivity contribution is 0.244. The van der Waals surface area contributed by atoms with Crippen LogP contribution in [0.15, 0.2) is 59.9 Å². The van der Waals surface area contributed by atoms with E-state index in [1.54, 1.807) is 32.4 Å². The second-order valence-corrected chi connectivity index (χ2v) is 9.93. The van der Waals surface area contributed by atoms with Crippen LogP contribution in [0.5, 0.6) is 0 Å². The van der Waals surface area contributed by atoms with Crippen molar-refractivity contribution in [3.63, 3.8) is 0 Å². The van der Waals surface area contributed by atoms with Crippen molar-refractivity contribution in [1.29, 1.82) is 0 Å². The van der Waals surface area contributed by atoms with E-state index in [9.17, 15) is 12.8 Å². The Morgan fingerprint density at radius 2 is 1.79 bits per heavy atom. The van der Waals surface area contributed by atoms with E-state index in [2.05, 4.69) is 19.9 Å². The van der Waals surface area contributed by atoms with Gasteiger partial charge in [-0.15, -0.1) is 12.4 Å². The topological polar surface area (TPSA) is 74.6 Å². The molecule has 1 aliphatic heterocycles. The van der Waals surface area contributed by atoms with Crippen LogP contribution in [-0.2, 0) is 17.1 Å². The van der Waals surface area contributed by atoms with Gasteiger partial charge in [0, 0.05) is 71.3 Å². The van der Waals surface area contributed by atoms with Crippen LogP contribution < -0.4 is 4.90 Å². The second-order valence-electron chi connectivity index (χ2n) is 7.88. The highest BCUT2D eigenvalue weighted by Gasteiger charge is 2.24. The smallest absolute Gasteiger partial charge is 0.245 e. The zero-order chi connectivity index (χ0) is 22.7. The van der Waals surface area contributed by atoms with Gasteiger partial charge in [0.2, 0.25) is 10.0 Å². The number of hydrogen-bond acceptors (Lipinski definition) is 6. The van der Waals surface area contributed by atoms with Gasteiger partial charge in [0.15, 0.2) is 0 Å². The monoisotopic (exact) mass is 494 g/mol. The Morgan fingerprint density at radius 1 is 1.09 bits per heavy atom. The minimum atomic E-state index is -3.53. The molecule has 0 aliphatic carbocycles. The maximum absolute atomic E-state index is 13.3. The fourth-order valence-electron chi connectivity index (χ4n) is 3.81. The maximum atomic E-state index is 13.3. The van der Waals surface area contributed by atoms with E-state index in [-0.39, 0.29) is 23.1 Å². The zero-order valence-electron chi connectivity index (χ0n) is 18.6. The van der Waals surface area contributed by atoms with E-state index < -0.39 is 10.0 Å². The SMILES string of the molecule is CN(CCN1CCN(c2cccnc2-c2ccc(F)cc2)CC1)S(=O)(=O)c1cnn(C)c1.Cl. The normalized spacial score (nSPS) is 15.0. The van der Waals surface area contributed by atoms with E-state index in [4.69, 9.17) is 0 Å². The number of nitrogens with zero attached hydrogens (tertiary/aromatic N) is 6. The molecule has 0 spiro atoms. The number of aromatic nitrogens is 3. The average molecular weight is 495 g/mol. The number of benzene rings is 1. The molecule has 0 bridgehead atoms. The molecule has 1 aliphatic rings. The summed E-state index contributed by atoms with van der Waals surface area (Å²) in [4.78, 5) is 9.28. The molecule has 3 heterocycles. The number of halogens is 2. The van der Waals surface area contributed by atoms with Crippen molar-refractivity contribution in [3.05, 3.63) is 60.8 Å². The molecular formula is C22H28ClFN6O2S. The molecule has 0 atom stereocenters. The Kier molecular flexibility index (Phi) is 8.06. The van der Waals surface area contributed by atoms with Crippen LogP contribution in [0.25, 0.3) is 11.3 Å². The molecule has 3 aromatic rings. The highest BCUT2D eigenvalue weighted by atomic mass is 35.5. The number of aryl methyl sites for hydroxylation is 1. The zero-order valence-corrected chi connectivity index (χ0v) is 20.3. The van der Waals surface area contributed by atoms with Crippen molar-refractivity contribution < 1.29 is 12.8 Å². The molecule has 4 rings (SSSR count). The van der Waals surface area contributed by atoms with E-state index in [1.165, 1.54) is 33.5 Å². The Morgan fingerprint density at radius 3 is 2.42 bits per heavy atom. The summed E-state index contributed by atoms with van der Waals surface area (Å²) in [6, 6.07) is 10.3. The van der Waals surface area contributed by atoms with Gasteiger partial charge >= 0.3 is 0 Å². The van der Waals surface area contributed by atoms with Gasteiger partial charge in [-0.1, -0.05) is 0 Å². The minimum absolute atomic E-state index is 0. The summed E-state index contributed by atoms with van der Waals surface area (Å²) in [5, 5.41) is 3.96. The number of hydrogen-bond donors (Lipinski definition) is 0. The van der Waals surface area contributed by atoms with Gasteiger partial charge in [0.1, 0.15) is 10.7 Å². The lowest BCUT2D eigenvalue weighted by Crippen LogP contribution is -2.48. The van der Waals surface area contributed by atoms with E-state index in [0.717, 1.165) is 43.1 Å². The summed E-state index contributed by atoms with van der Waals surface area (Å²) >= 11 is 0. The van der Waals surface area contributed by atoms with Crippen LogP contribution in [0.1, 0.15) is 0 Å². The van der Waals surface area contributed by atoms with Crippen molar-refractivity contribution in [2.75, 3.05) is 51.2 Å². The first-order valence-corrected chi connectivity index (χ1v) is 11.9. The Bertz CT molecular complexity index is 1160. The number of likely N-dealkylation sites (N-methyl/N-ethyl adjacent to an activating group) is 1. The van der Waals surface area contributed by atoms with E-state index in [0.29, 0.717) is 13.1 Å². The highest BCUT2D eigenvalue weighted by Crippen LogP contribution is 2.29. The first-order chi connectivity index (χ1) is 15.3. The van der Waals surface area contributed by atoms with Crippen LogP contribution in [-0.4, -0.2) is 78.7 Å². The Labute approximate surface area is 200 Å². The predicted octanol–water partition coefficient (Wildman–Crippen LogP) is 2.49. The summed E-state index contributed by atoms with van der Waals surface area (Å²) < 4.78 is 41.5. The van der Waals surface area contributed by atoms with Crippen molar-refractivity contribution in [2.45, 2.75) is 4.90 Å². The molecule has 1 saturated heterocycles. The molecule has 0 radical (unpaired) electrons. The summed E-state index contributed by atoms with van der Waals surface area (Å²) in [5.74, 6) is -0.268. The third-order valence-electron chi connectivity index (χ3n) is 5.74. The van der Waals surface area contributed by atoms with Gasteiger partial charge in [-0.25, -0.2) is 12.8 Å². The number of sulfonamides is 1.